The van der Waals surface area contributed by atoms with Crippen molar-refractivity contribution in [2.24, 2.45) is 0 Å². The molecule has 1 aromatic heterocycles. The molecule has 6 heteroatoms. The van der Waals surface area contributed by atoms with Gasteiger partial charge in [0.2, 0.25) is 0 Å². The van der Waals surface area contributed by atoms with Gasteiger partial charge in [-0.05, 0) is 5.56 Å². The molecule has 0 saturated heterocycles. The largest absolute Gasteiger partial charge is 0.466 e. The molecule has 0 saturated carbocycles. The maximum atomic E-state index is 11.9. The van der Waals surface area contributed by atoms with E-state index < -0.39 is 5.97 Å². The first-order chi connectivity index (χ1) is 10.7. The molecule has 0 unspecified atom stereocenters. The molecule has 0 fully saturated rings. The Morgan fingerprint density at radius 1 is 1.32 bits per heavy atom. The molecule has 6 nitrogen and oxygen atoms in total. The van der Waals surface area contributed by atoms with Crippen molar-refractivity contribution in [2.75, 3.05) is 13.7 Å². The Bertz CT molecular complexity index is 662. The van der Waals surface area contributed by atoms with Gasteiger partial charge in [-0.3, -0.25) is 9.48 Å². The predicted octanol–water partition coefficient (Wildman–Crippen LogP) is 1.39. The quantitative estimate of drug-likeness (QED) is 0.646. The Balaban J connectivity index is 1.87. The summed E-state index contributed by atoms with van der Waals surface area (Å²) in [4.78, 5) is 22.8. The second kappa shape index (κ2) is 7.78. The normalized spacial score (nSPS) is 10.6. The van der Waals surface area contributed by atoms with Crippen LogP contribution in [0.4, 0.5) is 0 Å². The van der Waals surface area contributed by atoms with Gasteiger partial charge in [0, 0.05) is 18.8 Å². The monoisotopic (exact) mass is 299 g/mol. The number of carbonyl (C=O) groups excluding carboxylic acids is 2. The lowest BCUT2D eigenvalue weighted by molar-refractivity contribution is -0.134. The topological polar surface area (TPSA) is 73.2 Å². The minimum atomic E-state index is -0.454. The molecule has 2 rings (SSSR count). The van der Waals surface area contributed by atoms with Gasteiger partial charge in [-0.2, -0.15) is 5.10 Å². The van der Waals surface area contributed by atoms with E-state index in [9.17, 15) is 9.59 Å². The Hall–Kier alpha value is -2.89. The second-order valence-corrected chi connectivity index (χ2v) is 4.55. The van der Waals surface area contributed by atoms with Crippen molar-refractivity contribution in [3.05, 3.63) is 66.0 Å². The number of amides is 1. The summed E-state index contributed by atoms with van der Waals surface area (Å²) in [5, 5.41) is 6.83. The molecule has 0 aliphatic rings. The van der Waals surface area contributed by atoms with Crippen LogP contribution in [0.25, 0.3) is 0 Å². The lowest BCUT2D eigenvalue weighted by Gasteiger charge is -2.01. The summed E-state index contributed by atoms with van der Waals surface area (Å²) in [7, 11) is 1.30. The summed E-state index contributed by atoms with van der Waals surface area (Å²) in [6.45, 7) is 0.855. The number of hydrogen-bond donors (Lipinski definition) is 1. The van der Waals surface area contributed by atoms with Crippen molar-refractivity contribution in [1.29, 1.82) is 0 Å². The highest BCUT2D eigenvalue weighted by atomic mass is 16.5. The van der Waals surface area contributed by atoms with Gasteiger partial charge in [-0.25, -0.2) is 4.79 Å². The summed E-state index contributed by atoms with van der Waals surface area (Å²) in [5.41, 5.74) is 1.58. The van der Waals surface area contributed by atoms with Crippen molar-refractivity contribution < 1.29 is 14.3 Å². The fourth-order valence-corrected chi connectivity index (χ4v) is 1.81. The van der Waals surface area contributed by atoms with E-state index in [1.165, 1.54) is 25.5 Å². The van der Waals surface area contributed by atoms with E-state index in [0.29, 0.717) is 12.1 Å². The van der Waals surface area contributed by atoms with Crippen LogP contribution in [0.1, 0.15) is 15.9 Å². The van der Waals surface area contributed by atoms with E-state index in [4.69, 9.17) is 0 Å². The number of carbonyl (C=O) groups is 2. The minimum absolute atomic E-state index is 0.242. The molecule has 22 heavy (non-hydrogen) atoms. The van der Waals surface area contributed by atoms with Crippen molar-refractivity contribution in [3.8, 4) is 0 Å². The highest BCUT2D eigenvalue weighted by Gasteiger charge is 2.07. The van der Waals surface area contributed by atoms with Crippen molar-refractivity contribution in [3.63, 3.8) is 0 Å². The number of aromatic nitrogens is 2. The van der Waals surface area contributed by atoms with Gasteiger partial charge < -0.3 is 10.1 Å². The molecule has 0 aliphatic carbocycles. The van der Waals surface area contributed by atoms with Crippen molar-refractivity contribution in [1.82, 2.24) is 15.1 Å². The summed E-state index contributed by atoms with van der Waals surface area (Å²) in [5.74, 6) is -0.696. The number of nitrogens with one attached hydrogen (secondary N) is 1. The van der Waals surface area contributed by atoms with Crippen molar-refractivity contribution >= 4 is 11.9 Å². The Kier molecular flexibility index (Phi) is 5.48. The van der Waals surface area contributed by atoms with Crippen LogP contribution in [0, 0.1) is 0 Å². The number of esters is 1. The maximum absolute atomic E-state index is 11.9. The summed E-state index contributed by atoms with van der Waals surface area (Å²) in [6, 6.07) is 9.87. The van der Waals surface area contributed by atoms with Crippen molar-refractivity contribution in [2.45, 2.75) is 6.54 Å². The van der Waals surface area contributed by atoms with Gasteiger partial charge in [0.15, 0.2) is 0 Å². The average molecular weight is 299 g/mol. The third-order valence-electron chi connectivity index (χ3n) is 2.92. The standard InChI is InChI=1S/C16H17N3O3/c1-22-15(20)8-5-9-17-16(21)14-10-18-19(12-14)11-13-6-3-2-4-7-13/h2-8,10,12H,9,11H2,1H3,(H,17,21)/b8-5+. The fraction of sp³-hybridized carbons (Fsp3) is 0.188. The summed E-state index contributed by atoms with van der Waals surface area (Å²) >= 11 is 0. The number of nitrogens with zero attached hydrogens (tertiary/aromatic N) is 2. The zero-order valence-corrected chi connectivity index (χ0v) is 12.2. The first-order valence-corrected chi connectivity index (χ1v) is 6.78. The van der Waals surface area contributed by atoms with E-state index in [2.05, 4.69) is 15.2 Å². The Labute approximate surface area is 128 Å². The maximum Gasteiger partial charge on any atom is 0.330 e. The highest BCUT2D eigenvalue weighted by molar-refractivity contribution is 5.93. The van der Waals surface area contributed by atoms with E-state index in [1.807, 2.05) is 30.3 Å². The van der Waals surface area contributed by atoms with Crippen LogP contribution in [0.15, 0.2) is 54.9 Å². The van der Waals surface area contributed by atoms with Crippen LogP contribution in [-0.2, 0) is 16.1 Å². The van der Waals surface area contributed by atoms with Gasteiger partial charge in [0.05, 0.1) is 25.4 Å². The third kappa shape index (κ3) is 4.59. The zero-order chi connectivity index (χ0) is 15.8. The molecule has 2 aromatic rings. The summed E-state index contributed by atoms with van der Waals surface area (Å²) < 4.78 is 6.15. The molecule has 0 radical (unpaired) electrons. The van der Waals surface area contributed by atoms with Gasteiger partial charge in [-0.15, -0.1) is 0 Å². The van der Waals surface area contributed by atoms with E-state index in [-0.39, 0.29) is 12.5 Å². The Morgan fingerprint density at radius 3 is 2.82 bits per heavy atom. The fourth-order valence-electron chi connectivity index (χ4n) is 1.81. The smallest absolute Gasteiger partial charge is 0.330 e. The van der Waals surface area contributed by atoms with Gasteiger partial charge in [0.25, 0.3) is 5.91 Å². The van der Waals surface area contributed by atoms with Gasteiger partial charge in [0.1, 0.15) is 0 Å². The molecular formula is C16H17N3O3. The third-order valence-corrected chi connectivity index (χ3v) is 2.92. The Morgan fingerprint density at radius 2 is 2.09 bits per heavy atom. The molecule has 0 atom stereocenters. The van der Waals surface area contributed by atoms with Gasteiger partial charge >= 0.3 is 5.97 Å². The van der Waals surface area contributed by atoms with Crippen LogP contribution in [0.5, 0.6) is 0 Å². The SMILES string of the molecule is COC(=O)/C=C/CNC(=O)c1cnn(Cc2ccccc2)c1. The van der Waals surface area contributed by atoms with Crippen LogP contribution in [-0.4, -0.2) is 35.3 Å². The summed E-state index contributed by atoms with van der Waals surface area (Å²) in [6.07, 6.45) is 5.99. The van der Waals surface area contributed by atoms with E-state index in [1.54, 1.807) is 10.9 Å². The number of ether oxygens (including phenoxy) is 1. The lowest BCUT2D eigenvalue weighted by atomic mass is 10.2. The molecule has 0 bridgehead atoms. The first kappa shape index (κ1) is 15.5. The van der Waals surface area contributed by atoms with Crippen LogP contribution in [0.3, 0.4) is 0 Å². The molecule has 1 heterocycles. The van der Waals surface area contributed by atoms with Crippen LogP contribution in [0.2, 0.25) is 0 Å². The average Bonchev–Trinajstić information content (AvgIpc) is 3.00. The number of rotatable bonds is 6. The lowest BCUT2D eigenvalue weighted by Crippen LogP contribution is -2.23. The van der Waals surface area contributed by atoms with Crippen LogP contribution < -0.4 is 5.32 Å². The van der Waals surface area contributed by atoms with E-state index >= 15 is 0 Å². The molecule has 0 spiro atoms. The zero-order valence-electron chi connectivity index (χ0n) is 12.2. The second-order valence-electron chi connectivity index (χ2n) is 4.55. The van der Waals surface area contributed by atoms with Gasteiger partial charge in [-0.1, -0.05) is 36.4 Å². The highest BCUT2D eigenvalue weighted by Crippen LogP contribution is 2.03. The first-order valence-electron chi connectivity index (χ1n) is 6.78. The van der Waals surface area contributed by atoms with Crippen LogP contribution >= 0.6 is 0 Å². The molecule has 1 aromatic carbocycles. The molecule has 1 amide bonds. The minimum Gasteiger partial charge on any atom is -0.466 e. The molecule has 114 valence electrons. The molecular weight excluding hydrogens is 282 g/mol. The van der Waals surface area contributed by atoms with E-state index in [0.717, 1.165) is 5.56 Å². The number of benzene rings is 1. The number of methoxy groups -OCH3 is 1. The molecule has 1 N–H and O–H groups in total. The predicted molar refractivity (Wildman–Crippen MR) is 81.3 cm³/mol. The molecule has 0 aliphatic heterocycles. The number of hydrogen-bond acceptors (Lipinski definition) is 4.